The van der Waals surface area contributed by atoms with Crippen LogP contribution in [0.3, 0.4) is 0 Å². The van der Waals surface area contributed by atoms with Crippen LogP contribution >= 0.6 is 0 Å². The molecule has 8 nitrogen and oxygen atoms in total. The predicted octanol–water partition coefficient (Wildman–Crippen LogP) is 3.39. The van der Waals surface area contributed by atoms with Crippen LogP contribution in [0.15, 0.2) is 53.4 Å². The van der Waals surface area contributed by atoms with E-state index in [1.165, 1.54) is 24.3 Å². The van der Waals surface area contributed by atoms with Crippen LogP contribution in [0, 0.1) is 12.8 Å². The summed E-state index contributed by atoms with van der Waals surface area (Å²) in [5.41, 5.74) is 1.04. The van der Waals surface area contributed by atoms with E-state index >= 15 is 0 Å². The van der Waals surface area contributed by atoms with Crippen LogP contribution in [-0.2, 0) is 19.6 Å². The Balaban J connectivity index is 1.70. The smallest absolute Gasteiger partial charge is 0.480 e. The monoisotopic (exact) mass is 486 g/mol. The molecule has 1 amide bonds. The average Bonchev–Trinajstić information content (AvgIpc) is 2.74. The first-order chi connectivity index (χ1) is 15.4. The molecule has 2 N–H and O–H groups in total. The van der Waals surface area contributed by atoms with E-state index in [1.54, 1.807) is 19.1 Å². The summed E-state index contributed by atoms with van der Waals surface area (Å²) in [6, 6.07) is 9.04. The summed E-state index contributed by atoms with van der Waals surface area (Å²) in [5.74, 6) is -3.20. The maximum atomic E-state index is 13.0. The molecule has 0 saturated carbocycles. The fourth-order valence-corrected chi connectivity index (χ4v) is 5.13. The highest BCUT2D eigenvalue weighted by Crippen LogP contribution is 2.30. The van der Waals surface area contributed by atoms with Gasteiger partial charge in [-0.3, -0.25) is 9.59 Å². The maximum Gasteiger partial charge on any atom is 0.573 e. The quantitative estimate of drug-likeness (QED) is 0.647. The summed E-state index contributed by atoms with van der Waals surface area (Å²) >= 11 is 0. The molecule has 1 heterocycles. The number of carboxylic acids is 1. The molecule has 0 unspecified atom stereocenters. The van der Waals surface area contributed by atoms with Crippen LogP contribution in [0.5, 0.6) is 5.75 Å². The normalized spacial score (nSPS) is 19.6. The number of aryl methyl sites for hydroxylation is 1. The van der Waals surface area contributed by atoms with E-state index < -0.39 is 46.0 Å². The van der Waals surface area contributed by atoms with Crippen molar-refractivity contribution in [2.45, 2.75) is 37.1 Å². The molecule has 2 aromatic carbocycles. The third-order valence-corrected chi connectivity index (χ3v) is 7.11. The molecule has 12 heteroatoms. The minimum Gasteiger partial charge on any atom is -0.480 e. The van der Waals surface area contributed by atoms with E-state index in [1.807, 2.05) is 0 Å². The number of benzene rings is 2. The van der Waals surface area contributed by atoms with Gasteiger partial charge in [-0.05, 0) is 56.2 Å². The van der Waals surface area contributed by atoms with E-state index in [2.05, 4.69) is 10.1 Å². The van der Waals surface area contributed by atoms with Crippen LogP contribution in [0.4, 0.5) is 18.9 Å². The van der Waals surface area contributed by atoms with Gasteiger partial charge in [0.1, 0.15) is 11.8 Å². The van der Waals surface area contributed by atoms with Crippen molar-refractivity contribution in [3.63, 3.8) is 0 Å². The maximum absolute atomic E-state index is 13.0. The standard InChI is InChI=1S/C21H21F3N2O6S/c1-13-2-8-17(9-3-13)33(30,31)26-11-10-14(12-18(26)20(28)29)19(27)25-15-4-6-16(7-5-15)32-21(22,23)24/h2-9,14,18H,10-12H2,1H3,(H,25,27)(H,28,29)/t14-,18-/m1/s1. The Bertz CT molecular complexity index is 1120. The van der Waals surface area contributed by atoms with Gasteiger partial charge in [-0.2, -0.15) is 4.31 Å². The zero-order valence-corrected chi connectivity index (χ0v) is 18.2. The van der Waals surface area contributed by atoms with Crippen molar-refractivity contribution in [3.05, 3.63) is 54.1 Å². The lowest BCUT2D eigenvalue weighted by atomic mass is 9.91. The van der Waals surface area contributed by atoms with Crippen molar-refractivity contribution >= 4 is 27.6 Å². The van der Waals surface area contributed by atoms with Gasteiger partial charge < -0.3 is 15.2 Å². The van der Waals surface area contributed by atoms with Gasteiger partial charge in [0.2, 0.25) is 15.9 Å². The van der Waals surface area contributed by atoms with Crippen LogP contribution in [0.25, 0.3) is 0 Å². The summed E-state index contributed by atoms with van der Waals surface area (Å²) in [6.45, 7) is 1.61. The summed E-state index contributed by atoms with van der Waals surface area (Å²) in [4.78, 5) is 24.4. The van der Waals surface area contributed by atoms with Gasteiger partial charge in [0, 0.05) is 18.2 Å². The molecule has 33 heavy (non-hydrogen) atoms. The zero-order chi connectivity index (χ0) is 24.4. The first kappa shape index (κ1) is 24.5. The van der Waals surface area contributed by atoms with Crippen molar-refractivity contribution in [1.29, 1.82) is 0 Å². The number of halogens is 3. The van der Waals surface area contributed by atoms with Gasteiger partial charge in [0.05, 0.1) is 4.90 Å². The molecular weight excluding hydrogens is 465 g/mol. The Hall–Kier alpha value is -3.12. The van der Waals surface area contributed by atoms with Crippen molar-refractivity contribution in [2.24, 2.45) is 5.92 Å². The lowest BCUT2D eigenvalue weighted by Gasteiger charge is -2.35. The molecule has 0 spiro atoms. The number of anilines is 1. The Kier molecular flexibility index (Phi) is 6.98. The summed E-state index contributed by atoms with van der Waals surface area (Å²) in [6.07, 6.45) is -5.01. The topological polar surface area (TPSA) is 113 Å². The Morgan fingerprint density at radius 2 is 1.70 bits per heavy atom. The molecule has 1 fully saturated rings. The number of alkyl halides is 3. The van der Waals surface area contributed by atoms with Crippen molar-refractivity contribution in [1.82, 2.24) is 4.31 Å². The number of aliphatic carboxylic acids is 1. The summed E-state index contributed by atoms with van der Waals surface area (Å²) < 4.78 is 67.4. The van der Waals surface area contributed by atoms with Crippen molar-refractivity contribution in [2.75, 3.05) is 11.9 Å². The number of hydrogen-bond acceptors (Lipinski definition) is 5. The van der Waals surface area contributed by atoms with E-state index in [-0.39, 0.29) is 30.0 Å². The van der Waals surface area contributed by atoms with Gasteiger partial charge in [-0.1, -0.05) is 17.7 Å². The van der Waals surface area contributed by atoms with Crippen LogP contribution in [-0.4, -0.2) is 48.7 Å². The Labute approximate surface area is 188 Å². The SMILES string of the molecule is Cc1ccc(S(=O)(=O)N2CC[C@@H](C(=O)Nc3ccc(OC(F)(F)F)cc3)C[C@@H]2C(=O)O)cc1. The number of amides is 1. The van der Waals surface area contributed by atoms with Gasteiger partial charge in [-0.25, -0.2) is 8.42 Å². The lowest BCUT2D eigenvalue weighted by Crippen LogP contribution is -2.51. The summed E-state index contributed by atoms with van der Waals surface area (Å²) in [7, 11) is -4.09. The Morgan fingerprint density at radius 1 is 1.09 bits per heavy atom. The van der Waals surface area contributed by atoms with Crippen LogP contribution in [0.2, 0.25) is 0 Å². The van der Waals surface area contributed by atoms with Crippen LogP contribution in [0.1, 0.15) is 18.4 Å². The third-order valence-electron chi connectivity index (χ3n) is 5.19. The molecule has 0 aliphatic carbocycles. The van der Waals surface area contributed by atoms with Gasteiger partial charge >= 0.3 is 12.3 Å². The number of carbonyl (C=O) groups is 2. The minimum atomic E-state index is -4.84. The number of nitrogens with zero attached hydrogens (tertiary/aromatic N) is 1. The van der Waals surface area contributed by atoms with Crippen molar-refractivity contribution < 1.29 is 41.0 Å². The second-order valence-electron chi connectivity index (χ2n) is 7.57. The number of piperidine rings is 1. The number of hydrogen-bond donors (Lipinski definition) is 2. The second-order valence-corrected chi connectivity index (χ2v) is 9.46. The number of nitrogens with one attached hydrogen (secondary N) is 1. The number of rotatable bonds is 6. The van der Waals surface area contributed by atoms with Gasteiger partial charge in [0.15, 0.2) is 0 Å². The van der Waals surface area contributed by atoms with Crippen LogP contribution < -0.4 is 10.1 Å². The summed E-state index contributed by atoms with van der Waals surface area (Å²) in [5, 5.41) is 12.1. The van der Waals surface area contributed by atoms with E-state index in [9.17, 15) is 36.3 Å². The molecule has 1 aliphatic rings. The molecule has 2 atom stereocenters. The molecule has 3 rings (SSSR count). The van der Waals surface area contributed by atoms with Gasteiger partial charge in [-0.15, -0.1) is 13.2 Å². The zero-order valence-electron chi connectivity index (χ0n) is 17.4. The largest absolute Gasteiger partial charge is 0.573 e. The highest BCUT2D eigenvalue weighted by atomic mass is 32.2. The van der Waals surface area contributed by atoms with E-state index in [0.29, 0.717) is 0 Å². The molecule has 0 bridgehead atoms. The minimum absolute atomic E-state index is 0.0385. The first-order valence-electron chi connectivity index (χ1n) is 9.85. The number of carbonyl (C=O) groups excluding carboxylic acids is 1. The average molecular weight is 486 g/mol. The Morgan fingerprint density at radius 3 is 2.24 bits per heavy atom. The number of ether oxygens (including phenoxy) is 1. The lowest BCUT2D eigenvalue weighted by molar-refractivity contribution is -0.274. The fourth-order valence-electron chi connectivity index (χ4n) is 3.52. The first-order valence-corrected chi connectivity index (χ1v) is 11.3. The molecular formula is C21H21F3N2O6S. The third kappa shape index (κ3) is 6.02. The van der Waals surface area contributed by atoms with E-state index in [4.69, 9.17) is 0 Å². The predicted molar refractivity (Wildman–Crippen MR) is 111 cm³/mol. The molecule has 1 saturated heterocycles. The van der Waals surface area contributed by atoms with E-state index in [0.717, 1.165) is 22.0 Å². The molecule has 0 radical (unpaired) electrons. The van der Waals surface area contributed by atoms with Crippen molar-refractivity contribution in [3.8, 4) is 5.75 Å². The molecule has 1 aliphatic heterocycles. The molecule has 178 valence electrons. The molecule has 2 aromatic rings. The molecule has 0 aromatic heterocycles. The van der Waals surface area contributed by atoms with Gasteiger partial charge in [0.25, 0.3) is 0 Å². The highest BCUT2D eigenvalue weighted by molar-refractivity contribution is 7.89. The number of carboxylic acid groups (broad SMARTS) is 1. The fraction of sp³-hybridized carbons (Fsp3) is 0.333. The number of sulfonamides is 1. The highest BCUT2D eigenvalue weighted by Gasteiger charge is 2.42. The second kappa shape index (κ2) is 9.40.